The van der Waals surface area contributed by atoms with E-state index in [0.29, 0.717) is 0 Å². The first-order valence-corrected chi connectivity index (χ1v) is 11.6. The zero-order valence-electron chi connectivity index (χ0n) is 19.4. The number of benzene rings is 1. The highest BCUT2D eigenvalue weighted by atomic mass is 16.4. The van der Waals surface area contributed by atoms with Crippen molar-refractivity contribution in [2.75, 3.05) is 0 Å². The van der Waals surface area contributed by atoms with E-state index in [1.165, 1.54) is 22.3 Å². The van der Waals surface area contributed by atoms with Crippen LogP contribution in [0.1, 0.15) is 100 Å². The molecule has 0 amide bonds. The van der Waals surface area contributed by atoms with E-state index in [2.05, 4.69) is 26.0 Å². The van der Waals surface area contributed by atoms with Crippen LogP contribution >= 0.6 is 0 Å². The quantitative estimate of drug-likeness (QED) is 0.340. The number of hydrogen-bond donors (Lipinski definition) is 2. The normalized spacial score (nSPS) is 15.2. The van der Waals surface area contributed by atoms with Crippen LogP contribution < -0.4 is 0 Å². The molecule has 0 aromatic heterocycles. The molecular formula is C26H40O4. The van der Waals surface area contributed by atoms with Crippen molar-refractivity contribution < 1.29 is 19.8 Å². The van der Waals surface area contributed by atoms with Gasteiger partial charge in [-0.15, -0.1) is 0 Å². The molecule has 0 radical (unpaired) electrons. The Morgan fingerprint density at radius 1 is 0.867 bits per heavy atom. The molecule has 0 spiro atoms. The van der Waals surface area contributed by atoms with Crippen molar-refractivity contribution in [2.45, 2.75) is 105 Å². The van der Waals surface area contributed by atoms with Gasteiger partial charge in [0.1, 0.15) is 0 Å². The fourth-order valence-corrected chi connectivity index (χ4v) is 4.33. The summed E-state index contributed by atoms with van der Waals surface area (Å²) in [7, 11) is 0. The van der Waals surface area contributed by atoms with Crippen molar-refractivity contribution in [3.05, 3.63) is 34.4 Å². The number of carboxylic acid groups (broad SMARTS) is 2. The van der Waals surface area contributed by atoms with Gasteiger partial charge in [-0.25, -0.2) is 0 Å². The number of aryl methyl sites for hydroxylation is 4. The van der Waals surface area contributed by atoms with Gasteiger partial charge in [0.25, 0.3) is 0 Å². The number of carbonyl (C=O) groups is 2. The monoisotopic (exact) mass is 416 g/mol. The number of hydrogen-bond acceptors (Lipinski definition) is 2. The summed E-state index contributed by atoms with van der Waals surface area (Å²) in [5.41, 5.74) is 4.52. The molecule has 1 aromatic rings. The molecule has 2 rings (SSSR count). The van der Waals surface area contributed by atoms with Gasteiger partial charge in [-0.05, 0) is 101 Å². The van der Waals surface area contributed by atoms with E-state index in [-0.39, 0.29) is 5.41 Å². The zero-order valence-corrected chi connectivity index (χ0v) is 19.4. The maximum absolute atomic E-state index is 11.3. The van der Waals surface area contributed by atoms with E-state index in [1.807, 2.05) is 0 Å². The lowest BCUT2D eigenvalue weighted by Gasteiger charge is -2.18. The maximum Gasteiger partial charge on any atom is 0.309 e. The molecule has 1 aromatic carbocycles. The van der Waals surface area contributed by atoms with Gasteiger partial charge in [0.05, 0.1) is 10.8 Å². The fraction of sp³-hybridized carbons (Fsp3) is 0.692. The summed E-state index contributed by atoms with van der Waals surface area (Å²) >= 11 is 0. The van der Waals surface area contributed by atoms with Crippen molar-refractivity contribution in [1.29, 1.82) is 0 Å². The molecule has 30 heavy (non-hydrogen) atoms. The largest absolute Gasteiger partial charge is 0.481 e. The van der Waals surface area contributed by atoms with Crippen molar-refractivity contribution in [2.24, 2.45) is 10.8 Å². The molecule has 168 valence electrons. The predicted molar refractivity (Wildman–Crippen MR) is 121 cm³/mol. The summed E-state index contributed by atoms with van der Waals surface area (Å²) in [5.74, 6) is -1.31. The Kier molecular flexibility index (Phi) is 8.52. The smallest absolute Gasteiger partial charge is 0.309 e. The van der Waals surface area contributed by atoms with E-state index in [0.717, 1.165) is 77.0 Å². The lowest BCUT2D eigenvalue weighted by Crippen LogP contribution is -2.23. The van der Waals surface area contributed by atoms with E-state index in [9.17, 15) is 19.8 Å². The Bertz CT molecular complexity index is 696. The Hall–Kier alpha value is -1.84. The summed E-state index contributed by atoms with van der Waals surface area (Å²) in [5, 5.41) is 18.5. The first-order valence-electron chi connectivity index (χ1n) is 11.6. The summed E-state index contributed by atoms with van der Waals surface area (Å²) < 4.78 is 0. The van der Waals surface area contributed by atoms with Crippen molar-refractivity contribution in [3.8, 4) is 0 Å². The van der Waals surface area contributed by atoms with E-state index in [4.69, 9.17) is 0 Å². The first-order chi connectivity index (χ1) is 14.1. The van der Waals surface area contributed by atoms with Gasteiger partial charge >= 0.3 is 11.9 Å². The number of carboxylic acids is 2. The van der Waals surface area contributed by atoms with Crippen LogP contribution in [0.2, 0.25) is 0 Å². The van der Waals surface area contributed by atoms with Gasteiger partial charge in [-0.2, -0.15) is 0 Å². The average molecular weight is 417 g/mol. The summed E-state index contributed by atoms with van der Waals surface area (Å²) in [6.07, 6.45) is 11.7. The molecule has 0 atom stereocenters. The molecule has 0 saturated heterocycles. The van der Waals surface area contributed by atoms with Crippen LogP contribution in [0, 0.1) is 24.7 Å². The molecule has 1 saturated carbocycles. The van der Waals surface area contributed by atoms with Gasteiger partial charge < -0.3 is 10.2 Å². The van der Waals surface area contributed by atoms with Crippen LogP contribution in [-0.2, 0) is 22.4 Å². The average Bonchev–Trinajstić information content (AvgIpc) is 3.45. The number of aliphatic carboxylic acids is 2. The van der Waals surface area contributed by atoms with Crippen LogP contribution in [0.15, 0.2) is 12.1 Å². The second kappa shape index (κ2) is 10.5. The van der Waals surface area contributed by atoms with Crippen LogP contribution in [0.5, 0.6) is 0 Å². The summed E-state index contributed by atoms with van der Waals surface area (Å²) in [4.78, 5) is 22.5. The molecule has 0 unspecified atom stereocenters. The predicted octanol–water partition coefficient (Wildman–Crippen LogP) is 6.48. The lowest BCUT2D eigenvalue weighted by molar-refractivity contribution is -0.147. The highest BCUT2D eigenvalue weighted by Crippen LogP contribution is 2.50. The molecule has 2 N–H and O–H groups in total. The SMILES string of the molecule is Cc1cc(C)c(CCCCCC2(C(=O)O)CC2)cc1CCCCCC(C)(C)C(=O)O. The zero-order chi connectivity index (χ0) is 22.4. The molecule has 0 heterocycles. The third-order valence-corrected chi connectivity index (χ3v) is 7.03. The van der Waals surface area contributed by atoms with Crippen LogP contribution in [0.25, 0.3) is 0 Å². The van der Waals surface area contributed by atoms with E-state index < -0.39 is 17.4 Å². The van der Waals surface area contributed by atoms with Gasteiger partial charge in [0.2, 0.25) is 0 Å². The topological polar surface area (TPSA) is 74.6 Å². The second-order valence-electron chi connectivity index (χ2n) is 10.1. The van der Waals surface area contributed by atoms with Gasteiger partial charge in [-0.1, -0.05) is 37.8 Å². The molecule has 4 nitrogen and oxygen atoms in total. The highest BCUT2D eigenvalue weighted by Gasteiger charge is 2.49. The van der Waals surface area contributed by atoms with E-state index >= 15 is 0 Å². The molecule has 0 bridgehead atoms. The van der Waals surface area contributed by atoms with Crippen LogP contribution in [-0.4, -0.2) is 22.2 Å². The second-order valence-corrected chi connectivity index (χ2v) is 10.1. The van der Waals surface area contributed by atoms with Crippen LogP contribution in [0.4, 0.5) is 0 Å². The summed E-state index contributed by atoms with van der Waals surface area (Å²) in [6.45, 7) is 7.97. The van der Waals surface area contributed by atoms with Crippen molar-refractivity contribution in [3.63, 3.8) is 0 Å². The number of unbranched alkanes of at least 4 members (excludes halogenated alkanes) is 4. The molecule has 1 aliphatic carbocycles. The molecule has 1 fully saturated rings. The minimum absolute atomic E-state index is 0.382. The van der Waals surface area contributed by atoms with Gasteiger partial charge in [0.15, 0.2) is 0 Å². The van der Waals surface area contributed by atoms with Crippen molar-refractivity contribution in [1.82, 2.24) is 0 Å². The van der Waals surface area contributed by atoms with Gasteiger partial charge in [0, 0.05) is 0 Å². The Labute approximate surface area is 182 Å². The molecule has 0 aliphatic heterocycles. The first kappa shape index (κ1) is 24.4. The maximum atomic E-state index is 11.3. The lowest BCUT2D eigenvalue weighted by atomic mass is 9.86. The fourth-order valence-electron chi connectivity index (χ4n) is 4.33. The molecular weight excluding hydrogens is 376 g/mol. The molecule has 1 aliphatic rings. The Morgan fingerprint density at radius 2 is 1.40 bits per heavy atom. The third-order valence-electron chi connectivity index (χ3n) is 7.03. The third kappa shape index (κ3) is 6.85. The minimum Gasteiger partial charge on any atom is -0.481 e. The Morgan fingerprint density at radius 3 is 1.87 bits per heavy atom. The standard InChI is InChI=1S/C26H40O4/c1-19-17-20(2)22(12-8-6-10-14-26(15-16-26)24(29)30)18-21(19)11-7-5-9-13-25(3,4)23(27)28/h17-18H,5-16H2,1-4H3,(H,27,28)(H,29,30). The number of rotatable bonds is 14. The minimum atomic E-state index is -0.711. The van der Waals surface area contributed by atoms with Crippen molar-refractivity contribution >= 4 is 11.9 Å². The van der Waals surface area contributed by atoms with E-state index in [1.54, 1.807) is 13.8 Å². The van der Waals surface area contributed by atoms with Crippen LogP contribution in [0.3, 0.4) is 0 Å². The highest BCUT2D eigenvalue weighted by molar-refractivity contribution is 5.77. The Balaban J connectivity index is 1.75. The summed E-state index contributed by atoms with van der Waals surface area (Å²) in [6, 6.07) is 4.66. The van der Waals surface area contributed by atoms with Gasteiger partial charge in [-0.3, -0.25) is 9.59 Å². The molecule has 4 heteroatoms.